The van der Waals surface area contributed by atoms with E-state index in [4.69, 9.17) is 10.5 Å². The lowest BCUT2D eigenvalue weighted by Crippen LogP contribution is -2.06. The quantitative estimate of drug-likeness (QED) is 0.820. The summed E-state index contributed by atoms with van der Waals surface area (Å²) in [5.41, 5.74) is 9.00. The van der Waals surface area contributed by atoms with Gasteiger partial charge in [-0.25, -0.2) is 9.97 Å². The van der Waals surface area contributed by atoms with Crippen molar-refractivity contribution >= 4 is 28.4 Å². The van der Waals surface area contributed by atoms with E-state index >= 15 is 0 Å². The van der Waals surface area contributed by atoms with Gasteiger partial charge in [0.1, 0.15) is 11.6 Å². The molecule has 0 amide bonds. The van der Waals surface area contributed by atoms with E-state index in [0.717, 1.165) is 26.1 Å². The first kappa shape index (κ1) is 15.0. The van der Waals surface area contributed by atoms with Crippen LogP contribution in [0.3, 0.4) is 0 Å². The van der Waals surface area contributed by atoms with E-state index in [-0.39, 0.29) is 0 Å². The van der Waals surface area contributed by atoms with Gasteiger partial charge in [0.15, 0.2) is 5.82 Å². The van der Waals surface area contributed by atoms with Gasteiger partial charge in [0.05, 0.1) is 16.4 Å². The third-order valence-corrected chi connectivity index (χ3v) is 4.21. The Morgan fingerprint density at radius 3 is 2.50 bits per heavy atom. The Balaban J connectivity index is 2.55. The Morgan fingerprint density at radius 2 is 1.95 bits per heavy atom. The highest BCUT2D eigenvalue weighted by Crippen LogP contribution is 2.28. The number of aryl methyl sites for hydroxylation is 1. The molecule has 0 atom stereocenters. The average Bonchev–Trinajstić information content (AvgIpc) is 2.41. The molecule has 0 fully saturated rings. The van der Waals surface area contributed by atoms with Gasteiger partial charge in [-0.15, -0.1) is 0 Å². The molecule has 1 heterocycles. The fourth-order valence-electron chi connectivity index (χ4n) is 2.01. The van der Waals surface area contributed by atoms with Gasteiger partial charge in [0, 0.05) is 5.56 Å². The maximum Gasteiger partial charge on any atom is 0.161 e. The summed E-state index contributed by atoms with van der Waals surface area (Å²) < 4.78 is 6.21. The number of rotatable bonds is 3. The summed E-state index contributed by atoms with van der Waals surface area (Å²) in [6.45, 7) is 6.21. The molecule has 0 saturated carbocycles. The van der Waals surface area contributed by atoms with Crippen molar-refractivity contribution in [3.63, 3.8) is 0 Å². The van der Waals surface area contributed by atoms with Crippen molar-refractivity contribution in [1.82, 2.24) is 9.97 Å². The lowest BCUT2D eigenvalue weighted by atomic mass is 10.1. The number of ether oxygens (including phenoxy) is 1. The number of methoxy groups -OCH3 is 1. The molecule has 0 unspecified atom stereocenters. The summed E-state index contributed by atoms with van der Waals surface area (Å²) in [4.78, 5) is 9.06. The van der Waals surface area contributed by atoms with E-state index in [0.29, 0.717) is 17.6 Å². The third kappa shape index (κ3) is 2.87. The Bertz CT molecular complexity index is 641. The molecule has 0 aliphatic heterocycles. The van der Waals surface area contributed by atoms with E-state index in [1.54, 1.807) is 7.11 Å². The monoisotopic (exact) mass is 383 g/mol. The van der Waals surface area contributed by atoms with Crippen LogP contribution >= 0.6 is 22.6 Å². The average molecular weight is 383 g/mol. The summed E-state index contributed by atoms with van der Waals surface area (Å²) in [6, 6.07) is 5.90. The summed E-state index contributed by atoms with van der Waals surface area (Å²) >= 11 is 2.20. The van der Waals surface area contributed by atoms with E-state index in [1.165, 1.54) is 0 Å². The summed E-state index contributed by atoms with van der Waals surface area (Å²) in [7, 11) is 1.66. The van der Waals surface area contributed by atoms with Gasteiger partial charge >= 0.3 is 0 Å². The molecule has 4 nitrogen and oxygen atoms in total. The van der Waals surface area contributed by atoms with Gasteiger partial charge < -0.3 is 10.5 Å². The molecule has 1 aromatic heterocycles. The van der Waals surface area contributed by atoms with Crippen LogP contribution in [0, 0.1) is 10.5 Å². The van der Waals surface area contributed by atoms with Gasteiger partial charge in [-0.05, 0) is 59.2 Å². The second kappa shape index (κ2) is 5.95. The zero-order valence-electron chi connectivity index (χ0n) is 12.1. The number of anilines is 1. The van der Waals surface area contributed by atoms with E-state index in [9.17, 15) is 0 Å². The van der Waals surface area contributed by atoms with E-state index in [2.05, 4.69) is 46.4 Å². The molecule has 5 heteroatoms. The van der Waals surface area contributed by atoms with Crippen LogP contribution in [0.5, 0.6) is 5.75 Å². The largest absolute Gasteiger partial charge is 0.496 e. The number of aromatic nitrogens is 2. The lowest BCUT2D eigenvalue weighted by Gasteiger charge is -2.12. The first-order chi connectivity index (χ1) is 9.43. The zero-order valence-corrected chi connectivity index (χ0v) is 14.2. The van der Waals surface area contributed by atoms with Crippen molar-refractivity contribution in [2.75, 3.05) is 12.8 Å². The molecule has 1 aromatic carbocycles. The van der Waals surface area contributed by atoms with Crippen molar-refractivity contribution < 1.29 is 4.74 Å². The summed E-state index contributed by atoms with van der Waals surface area (Å²) in [5.74, 6) is 2.37. The zero-order chi connectivity index (χ0) is 14.9. The minimum absolute atomic E-state index is 0.310. The number of hydrogen-bond donors (Lipinski definition) is 1. The van der Waals surface area contributed by atoms with Gasteiger partial charge in [0.2, 0.25) is 0 Å². The Morgan fingerprint density at radius 1 is 1.25 bits per heavy atom. The van der Waals surface area contributed by atoms with Crippen LogP contribution < -0.4 is 10.5 Å². The molecule has 2 N–H and O–H groups in total. The first-order valence-corrected chi connectivity index (χ1v) is 7.49. The number of nitrogens with zero attached hydrogens (tertiary/aromatic N) is 2. The number of nitrogen functional groups attached to an aromatic ring is 1. The topological polar surface area (TPSA) is 61.0 Å². The van der Waals surface area contributed by atoms with Crippen LogP contribution in [0.2, 0.25) is 0 Å². The molecule has 2 aromatic rings. The Hall–Kier alpha value is -1.37. The van der Waals surface area contributed by atoms with Gasteiger partial charge in [-0.3, -0.25) is 0 Å². The molecule has 106 valence electrons. The van der Waals surface area contributed by atoms with E-state index in [1.807, 2.05) is 25.1 Å². The highest BCUT2D eigenvalue weighted by atomic mass is 127. The van der Waals surface area contributed by atoms with Crippen molar-refractivity contribution in [1.29, 1.82) is 0 Å². The molecule has 0 bridgehead atoms. The highest BCUT2D eigenvalue weighted by molar-refractivity contribution is 14.1. The lowest BCUT2D eigenvalue weighted by molar-refractivity contribution is 0.412. The Labute approximate surface area is 132 Å². The van der Waals surface area contributed by atoms with Crippen molar-refractivity contribution in [2.45, 2.75) is 26.7 Å². The fraction of sp³-hybridized carbons (Fsp3) is 0.333. The first-order valence-electron chi connectivity index (χ1n) is 6.42. The number of halogens is 1. The van der Waals surface area contributed by atoms with Crippen LogP contribution in [-0.4, -0.2) is 17.1 Å². The summed E-state index contributed by atoms with van der Waals surface area (Å²) in [6.07, 6.45) is 0. The molecule has 20 heavy (non-hydrogen) atoms. The molecule has 0 aliphatic carbocycles. The predicted octanol–water partition coefficient (Wildman–Crippen LogP) is 3.77. The van der Waals surface area contributed by atoms with Crippen LogP contribution in [-0.2, 0) is 0 Å². The van der Waals surface area contributed by atoms with Crippen molar-refractivity contribution in [3.05, 3.63) is 33.0 Å². The third-order valence-electron chi connectivity index (χ3n) is 3.10. The molecule has 0 saturated heterocycles. The van der Waals surface area contributed by atoms with Gasteiger partial charge in [-0.1, -0.05) is 13.8 Å². The maximum atomic E-state index is 6.01. The molecule has 0 aliphatic rings. The predicted molar refractivity (Wildman–Crippen MR) is 90.0 cm³/mol. The standard InChI is InChI=1S/C15H18IN3O/c1-8(2)13-12(16)14(17)19-15(18-13)10-5-6-11(20-4)9(3)7-10/h5-8H,1-4H3,(H2,17,18,19). The molecule has 0 radical (unpaired) electrons. The highest BCUT2D eigenvalue weighted by Gasteiger charge is 2.14. The molecule has 2 rings (SSSR count). The number of nitrogens with two attached hydrogens (primary N) is 1. The number of benzene rings is 1. The van der Waals surface area contributed by atoms with Crippen molar-refractivity contribution in [2.24, 2.45) is 0 Å². The maximum absolute atomic E-state index is 6.01. The van der Waals surface area contributed by atoms with Crippen LogP contribution in [0.25, 0.3) is 11.4 Å². The normalized spacial score (nSPS) is 10.9. The SMILES string of the molecule is COc1ccc(-c2nc(N)c(I)c(C(C)C)n2)cc1C. The van der Waals surface area contributed by atoms with E-state index < -0.39 is 0 Å². The molecular formula is C15H18IN3O. The second-order valence-electron chi connectivity index (χ2n) is 4.97. The fourth-order valence-corrected chi connectivity index (χ4v) is 2.88. The van der Waals surface area contributed by atoms with Gasteiger partial charge in [0.25, 0.3) is 0 Å². The second-order valence-corrected chi connectivity index (χ2v) is 6.05. The van der Waals surface area contributed by atoms with Crippen LogP contribution in [0.1, 0.15) is 31.0 Å². The molecule has 0 spiro atoms. The van der Waals surface area contributed by atoms with Crippen LogP contribution in [0.15, 0.2) is 18.2 Å². The smallest absolute Gasteiger partial charge is 0.161 e. The minimum Gasteiger partial charge on any atom is -0.496 e. The van der Waals surface area contributed by atoms with Gasteiger partial charge in [-0.2, -0.15) is 0 Å². The molecular weight excluding hydrogens is 365 g/mol. The number of hydrogen-bond acceptors (Lipinski definition) is 4. The minimum atomic E-state index is 0.310. The summed E-state index contributed by atoms with van der Waals surface area (Å²) in [5, 5.41) is 0. The van der Waals surface area contributed by atoms with Crippen molar-refractivity contribution in [3.8, 4) is 17.1 Å². The Kier molecular flexibility index (Phi) is 4.47. The van der Waals surface area contributed by atoms with Crippen LogP contribution in [0.4, 0.5) is 5.82 Å².